The number of piperazine rings is 1. The maximum atomic E-state index is 8.36. The van der Waals surface area contributed by atoms with E-state index in [0.29, 0.717) is 0 Å². The van der Waals surface area contributed by atoms with E-state index in [1.807, 2.05) is 0 Å². The summed E-state index contributed by atoms with van der Waals surface area (Å²) in [5, 5.41) is 13.3. The van der Waals surface area contributed by atoms with Gasteiger partial charge in [-0.1, -0.05) is 0 Å². The predicted octanol–water partition coefficient (Wildman–Crippen LogP) is -1.77. The summed E-state index contributed by atoms with van der Waals surface area (Å²) in [6, 6.07) is 0. The van der Waals surface area contributed by atoms with Crippen LogP contribution in [0.3, 0.4) is 0 Å². The van der Waals surface area contributed by atoms with Crippen LogP contribution in [0.25, 0.3) is 0 Å². The van der Waals surface area contributed by atoms with Crippen molar-refractivity contribution in [3.05, 3.63) is 0 Å². The zero-order valence-corrected chi connectivity index (χ0v) is 5.26. The van der Waals surface area contributed by atoms with Crippen molar-refractivity contribution in [2.45, 2.75) is 0 Å². The molecule has 1 rings (SSSR count). The summed E-state index contributed by atoms with van der Waals surface area (Å²) in [7, 11) is 0. The number of hydrogen-bond donors (Lipinski definition) is 3. The molecule has 1 aliphatic heterocycles. The summed E-state index contributed by atoms with van der Waals surface area (Å²) < 4.78 is 0. The van der Waals surface area contributed by atoms with E-state index in [-0.39, 0.29) is 36.0 Å². The third-order valence-corrected chi connectivity index (χ3v) is 0.957. The monoisotopic (exact) mass is 156 g/mol. The van der Waals surface area contributed by atoms with Gasteiger partial charge in [0.05, 0.1) is 0 Å². The molecule has 0 amide bonds. The average Bonchev–Trinajstić information content (AvgIpc) is 1.93. The number of carbonyl (C=O) groups is 1. The molecule has 0 bridgehead atoms. The van der Waals surface area contributed by atoms with Gasteiger partial charge >= 0.3 is 29.6 Å². The van der Waals surface area contributed by atoms with Gasteiger partial charge in [-0.3, -0.25) is 4.79 Å². The van der Waals surface area contributed by atoms with Crippen molar-refractivity contribution in [3.63, 3.8) is 0 Å². The van der Waals surface area contributed by atoms with E-state index in [1.165, 1.54) is 0 Å². The Hall–Kier alpha value is 0.390. The quantitative estimate of drug-likeness (QED) is 0.287. The Kier molecular flexibility index (Phi) is 15.8. The van der Waals surface area contributed by atoms with Gasteiger partial charge in [-0.2, -0.15) is 0 Å². The minimum atomic E-state index is -0.250. The van der Waals surface area contributed by atoms with Gasteiger partial charge in [-0.05, 0) is 0 Å². The first-order chi connectivity index (χ1) is 4.41. The van der Waals surface area contributed by atoms with Crippen molar-refractivity contribution in [1.29, 1.82) is 0 Å². The molecule has 0 spiro atoms. The predicted molar refractivity (Wildman–Crippen MR) is 41.6 cm³/mol. The van der Waals surface area contributed by atoms with Crippen molar-refractivity contribution in [3.8, 4) is 0 Å². The molecule has 1 fully saturated rings. The molecule has 1 saturated heterocycles. The van der Waals surface area contributed by atoms with Crippen LogP contribution in [-0.2, 0) is 4.79 Å². The van der Waals surface area contributed by atoms with Gasteiger partial charge < -0.3 is 15.7 Å². The van der Waals surface area contributed by atoms with Crippen molar-refractivity contribution in [2.75, 3.05) is 26.2 Å². The van der Waals surface area contributed by atoms with Crippen LogP contribution in [0.1, 0.15) is 0 Å². The van der Waals surface area contributed by atoms with E-state index < -0.39 is 0 Å². The number of rotatable bonds is 0. The summed E-state index contributed by atoms with van der Waals surface area (Å²) in [6.07, 6.45) is 0. The molecule has 4 nitrogen and oxygen atoms in total. The molecule has 3 N–H and O–H groups in total. The first-order valence-corrected chi connectivity index (χ1v) is 2.91. The maximum absolute atomic E-state index is 8.36. The van der Waals surface area contributed by atoms with Crippen molar-refractivity contribution in [1.82, 2.24) is 10.6 Å². The Labute approximate surface area is 82.7 Å². The molecular formula is C5H13N2NaO2. The average molecular weight is 156 g/mol. The third-order valence-electron chi connectivity index (χ3n) is 0.957. The van der Waals surface area contributed by atoms with E-state index >= 15 is 0 Å². The van der Waals surface area contributed by atoms with Crippen LogP contribution in [-0.4, -0.2) is 67.3 Å². The van der Waals surface area contributed by atoms with Crippen LogP contribution < -0.4 is 10.6 Å². The van der Waals surface area contributed by atoms with Crippen LogP contribution in [0.4, 0.5) is 0 Å². The summed E-state index contributed by atoms with van der Waals surface area (Å²) >= 11 is 0. The topological polar surface area (TPSA) is 61.4 Å². The molecule has 56 valence electrons. The number of carboxylic acid groups (broad SMARTS) is 1. The standard InChI is InChI=1S/C4H10N2.CH2O2.Na.H/c1-2-6-4-3-5-1;2-1-3;;/h5-6H,1-4H2;1H,(H,2,3);;. The fourth-order valence-electron chi connectivity index (χ4n) is 0.604. The second-order valence-electron chi connectivity index (χ2n) is 1.61. The summed E-state index contributed by atoms with van der Waals surface area (Å²) in [5.74, 6) is 0. The zero-order chi connectivity index (χ0) is 6.95. The van der Waals surface area contributed by atoms with Crippen molar-refractivity contribution < 1.29 is 9.90 Å². The van der Waals surface area contributed by atoms with Crippen molar-refractivity contribution >= 4 is 36.0 Å². The van der Waals surface area contributed by atoms with Crippen LogP contribution in [0.15, 0.2) is 0 Å². The molecule has 0 aromatic heterocycles. The van der Waals surface area contributed by atoms with E-state index in [2.05, 4.69) is 10.6 Å². The van der Waals surface area contributed by atoms with E-state index in [9.17, 15) is 0 Å². The van der Waals surface area contributed by atoms with E-state index in [4.69, 9.17) is 9.90 Å². The molecule has 10 heavy (non-hydrogen) atoms. The van der Waals surface area contributed by atoms with Crippen LogP contribution in [0.2, 0.25) is 0 Å². The second kappa shape index (κ2) is 12.1. The Balaban J connectivity index is 0. The Morgan fingerprint density at radius 1 is 1.10 bits per heavy atom. The molecule has 0 aliphatic carbocycles. The third kappa shape index (κ3) is 11.2. The molecule has 0 unspecified atom stereocenters. The first kappa shape index (κ1) is 13.0. The molecule has 0 aromatic carbocycles. The van der Waals surface area contributed by atoms with Gasteiger partial charge in [0, 0.05) is 26.2 Å². The van der Waals surface area contributed by atoms with Crippen LogP contribution in [0.5, 0.6) is 0 Å². The Morgan fingerprint density at radius 2 is 1.30 bits per heavy atom. The fraction of sp³-hybridized carbons (Fsp3) is 0.800. The van der Waals surface area contributed by atoms with Gasteiger partial charge in [0.25, 0.3) is 6.47 Å². The summed E-state index contributed by atoms with van der Waals surface area (Å²) in [6.45, 7) is 4.31. The molecular weight excluding hydrogens is 143 g/mol. The molecule has 0 atom stereocenters. The SMILES string of the molecule is C1CNCCN1.O=CO.[NaH]. The van der Waals surface area contributed by atoms with Crippen molar-refractivity contribution in [2.24, 2.45) is 0 Å². The van der Waals surface area contributed by atoms with Crippen LogP contribution in [0, 0.1) is 0 Å². The number of hydrogen-bond acceptors (Lipinski definition) is 3. The van der Waals surface area contributed by atoms with E-state index in [0.717, 1.165) is 26.2 Å². The molecule has 0 radical (unpaired) electrons. The van der Waals surface area contributed by atoms with Crippen LogP contribution >= 0.6 is 0 Å². The molecule has 0 saturated carbocycles. The molecule has 5 heteroatoms. The Bertz CT molecular complexity index is 57.2. The van der Waals surface area contributed by atoms with Gasteiger partial charge in [-0.25, -0.2) is 0 Å². The van der Waals surface area contributed by atoms with Gasteiger partial charge in [0.2, 0.25) is 0 Å². The number of nitrogens with one attached hydrogen (secondary N) is 2. The molecule has 1 aliphatic rings. The molecule has 0 aromatic rings. The first-order valence-electron chi connectivity index (χ1n) is 2.91. The fourth-order valence-corrected chi connectivity index (χ4v) is 0.604. The summed E-state index contributed by atoms with van der Waals surface area (Å²) in [5.41, 5.74) is 0. The normalized spacial score (nSPS) is 15.6. The molecule has 1 heterocycles. The summed E-state index contributed by atoms with van der Waals surface area (Å²) in [4.78, 5) is 8.36. The zero-order valence-electron chi connectivity index (χ0n) is 5.26. The van der Waals surface area contributed by atoms with E-state index in [1.54, 1.807) is 0 Å². The minimum absolute atomic E-state index is 0. The van der Waals surface area contributed by atoms with Gasteiger partial charge in [0.1, 0.15) is 0 Å². The Morgan fingerprint density at radius 3 is 1.40 bits per heavy atom. The second-order valence-corrected chi connectivity index (χ2v) is 1.61. The van der Waals surface area contributed by atoms with Gasteiger partial charge in [0.15, 0.2) is 0 Å². The van der Waals surface area contributed by atoms with Gasteiger partial charge in [-0.15, -0.1) is 0 Å².